The van der Waals surface area contributed by atoms with Gasteiger partial charge in [0.05, 0.1) is 7.11 Å². The highest BCUT2D eigenvalue weighted by molar-refractivity contribution is 5.93. The number of alkyl halides is 3. The van der Waals surface area contributed by atoms with E-state index in [4.69, 9.17) is 10.5 Å². The van der Waals surface area contributed by atoms with Gasteiger partial charge in [0.15, 0.2) is 0 Å². The number of nitrogens with zero attached hydrogens (tertiary/aromatic N) is 4. The summed E-state index contributed by atoms with van der Waals surface area (Å²) in [7, 11) is 1.43. The molecule has 0 aliphatic carbocycles. The number of methoxy groups -OCH3 is 1. The van der Waals surface area contributed by atoms with E-state index in [0.717, 1.165) is 30.7 Å². The number of halogens is 3. The van der Waals surface area contributed by atoms with E-state index >= 15 is 0 Å². The summed E-state index contributed by atoms with van der Waals surface area (Å²) in [4.78, 5) is 26.6. The monoisotopic (exact) mass is 457 g/mol. The van der Waals surface area contributed by atoms with Gasteiger partial charge >= 0.3 is 6.18 Å². The van der Waals surface area contributed by atoms with Gasteiger partial charge in [-0.25, -0.2) is 4.98 Å². The molecule has 0 saturated carbocycles. The topological polar surface area (TPSA) is 94.2 Å². The predicted molar refractivity (Wildman–Crippen MR) is 116 cm³/mol. The maximum absolute atomic E-state index is 13.0. The molecule has 10 heteroatoms. The van der Waals surface area contributed by atoms with Crippen LogP contribution in [0.15, 0.2) is 48.9 Å². The number of carbonyl (C=O) groups excluding carboxylic acids is 1. The van der Waals surface area contributed by atoms with Crippen molar-refractivity contribution in [3.8, 4) is 16.9 Å². The number of amides is 1. The van der Waals surface area contributed by atoms with Gasteiger partial charge in [-0.3, -0.25) is 14.8 Å². The van der Waals surface area contributed by atoms with E-state index in [-0.39, 0.29) is 11.6 Å². The Morgan fingerprint density at radius 1 is 1.06 bits per heavy atom. The lowest BCUT2D eigenvalue weighted by atomic mass is 9.90. The average molecular weight is 457 g/mol. The number of carbonyl (C=O) groups is 1. The summed E-state index contributed by atoms with van der Waals surface area (Å²) < 4.78 is 43.7. The molecular formula is C23H22F3N5O2. The van der Waals surface area contributed by atoms with Gasteiger partial charge in [-0.1, -0.05) is 12.1 Å². The van der Waals surface area contributed by atoms with Crippen LogP contribution in [0.3, 0.4) is 0 Å². The minimum atomic E-state index is -4.52. The molecule has 0 radical (unpaired) electrons. The van der Waals surface area contributed by atoms with Crippen LogP contribution in [0.4, 0.5) is 19.0 Å². The third-order valence-corrected chi connectivity index (χ3v) is 5.73. The maximum Gasteiger partial charge on any atom is 0.433 e. The van der Waals surface area contributed by atoms with E-state index in [9.17, 15) is 18.0 Å². The zero-order valence-electron chi connectivity index (χ0n) is 17.8. The number of hydrogen-bond acceptors (Lipinski definition) is 6. The molecule has 1 amide bonds. The quantitative estimate of drug-likeness (QED) is 0.632. The highest BCUT2D eigenvalue weighted by Gasteiger charge is 2.32. The van der Waals surface area contributed by atoms with E-state index in [1.54, 1.807) is 17.2 Å². The first-order chi connectivity index (χ1) is 15.8. The predicted octanol–water partition coefficient (Wildman–Crippen LogP) is 4.17. The fourth-order valence-corrected chi connectivity index (χ4v) is 3.90. The SMILES string of the molecule is COc1cc(C(=O)N2CCC(c3ccc(N)nc3)CC2)ncc1-c1ccc(C(F)(F)F)nc1. The van der Waals surface area contributed by atoms with Gasteiger partial charge in [-0.2, -0.15) is 13.2 Å². The normalized spacial score (nSPS) is 14.8. The van der Waals surface area contributed by atoms with Gasteiger partial charge in [0, 0.05) is 48.9 Å². The summed E-state index contributed by atoms with van der Waals surface area (Å²) in [5, 5.41) is 0. The summed E-state index contributed by atoms with van der Waals surface area (Å²) in [6, 6.07) is 7.44. The highest BCUT2D eigenvalue weighted by Crippen LogP contribution is 2.33. The lowest BCUT2D eigenvalue weighted by Crippen LogP contribution is -2.38. The van der Waals surface area contributed by atoms with Crippen molar-refractivity contribution < 1.29 is 22.7 Å². The Morgan fingerprint density at radius 3 is 2.39 bits per heavy atom. The smallest absolute Gasteiger partial charge is 0.433 e. The van der Waals surface area contributed by atoms with Crippen molar-refractivity contribution in [1.82, 2.24) is 19.9 Å². The number of piperidine rings is 1. The van der Waals surface area contributed by atoms with Crippen LogP contribution in [0.1, 0.15) is 40.5 Å². The molecule has 1 aliphatic rings. The molecule has 7 nitrogen and oxygen atoms in total. The van der Waals surface area contributed by atoms with E-state index in [1.165, 1.54) is 25.4 Å². The van der Waals surface area contributed by atoms with Crippen LogP contribution in [0.5, 0.6) is 5.75 Å². The number of rotatable bonds is 4. The third-order valence-electron chi connectivity index (χ3n) is 5.73. The van der Waals surface area contributed by atoms with Crippen LogP contribution in [0, 0.1) is 0 Å². The molecule has 33 heavy (non-hydrogen) atoms. The standard InChI is InChI=1S/C23H22F3N5O2/c1-33-19-10-18(28-13-17(19)16-2-4-20(29-12-16)23(24,25)26)22(32)31-8-6-14(7-9-31)15-3-5-21(27)30-11-15/h2-5,10-14H,6-9H2,1H3,(H2,27,30). The molecule has 1 fully saturated rings. The fourth-order valence-electron chi connectivity index (χ4n) is 3.90. The van der Waals surface area contributed by atoms with Crippen molar-refractivity contribution in [3.05, 3.63) is 65.9 Å². The fraction of sp³-hybridized carbons (Fsp3) is 0.304. The molecule has 0 aromatic carbocycles. The number of anilines is 1. The van der Waals surface area contributed by atoms with Gasteiger partial charge in [-0.15, -0.1) is 0 Å². The Morgan fingerprint density at radius 2 is 1.82 bits per heavy atom. The van der Waals surface area contributed by atoms with Crippen LogP contribution in [0.25, 0.3) is 11.1 Å². The maximum atomic E-state index is 13.0. The second-order valence-corrected chi connectivity index (χ2v) is 7.78. The van der Waals surface area contributed by atoms with Crippen LogP contribution >= 0.6 is 0 Å². The van der Waals surface area contributed by atoms with E-state index in [1.807, 2.05) is 6.07 Å². The first-order valence-electron chi connectivity index (χ1n) is 10.3. The third kappa shape index (κ3) is 4.89. The molecular weight excluding hydrogens is 435 g/mol. The second kappa shape index (κ2) is 9.05. The summed E-state index contributed by atoms with van der Waals surface area (Å²) in [6.07, 6.45) is 1.38. The number of pyridine rings is 3. The number of aromatic nitrogens is 3. The summed E-state index contributed by atoms with van der Waals surface area (Å²) in [5.41, 5.74) is 6.83. The summed E-state index contributed by atoms with van der Waals surface area (Å²) >= 11 is 0. The molecule has 0 bridgehead atoms. The molecule has 0 spiro atoms. The number of hydrogen-bond donors (Lipinski definition) is 1. The Balaban J connectivity index is 1.47. The number of nitrogens with two attached hydrogens (primary N) is 1. The van der Waals surface area contributed by atoms with Gasteiger partial charge in [0.2, 0.25) is 0 Å². The highest BCUT2D eigenvalue weighted by atomic mass is 19.4. The largest absolute Gasteiger partial charge is 0.496 e. The lowest BCUT2D eigenvalue weighted by Gasteiger charge is -2.32. The molecule has 1 saturated heterocycles. The molecule has 0 unspecified atom stereocenters. The van der Waals surface area contributed by atoms with Gasteiger partial charge in [0.1, 0.15) is 23.0 Å². The minimum Gasteiger partial charge on any atom is -0.496 e. The molecule has 4 rings (SSSR count). The molecule has 3 aromatic heterocycles. The van der Waals surface area contributed by atoms with Gasteiger partial charge in [0.25, 0.3) is 5.91 Å². The van der Waals surface area contributed by atoms with Crippen molar-refractivity contribution >= 4 is 11.7 Å². The first-order valence-corrected chi connectivity index (χ1v) is 10.3. The Hall–Kier alpha value is -3.69. The lowest BCUT2D eigenvalue weighted by molar-refractivity contribution is -0.141. The van der Waals surface area contributed by atoms with Crippen LogP contribution in [-0.2, 0) is 6.18 Å². The van der Waals surface area contributed by atoms with Gasteiger partial charge < -0.3 is 15.4 Å². The number of nitrogen functional groups attached to an aromatic ring is 1. The first kappa shape index (κ1) is 22.5. The van der Waals surface area contributed by atoms with E-state index < -0.39 is 11.9 Å². The molecule has 4 heterocycles. The molecule has 3 aromatic rings. The summed E-state index contributed by atoms with van der Waals surface area (Å²) in [5.74, 6) is 0.887. The molecule has 1 aliphatic heterocycles. The van der Waals surface area contributed by atoms with Crippen molar-refractivity contribution in [2.24, 2.45) is 0 Å². The van der Waals surface area contributed by atoms with Gasteiger partial charge in [-0.05, 0) is 36.5 Å². The zero-order valence-corrected chi connectivity index (χ0v) is 17.8. The summed E-state index contributed by atoms with van der Waals surface area (Å²) in [6.45, 7) is 1.14. The van der Waals surface area contributed by atoms with Crippen molar-refractivity contribution in [3.63, 3.8) is 0 Å². The number of ether oxygens (including phenoxy) is 1. The van der Waals surface area contributed by atoms with Crippen molar-refractivity contribution in [2.45, 2.75) is 24.9 Å². The second-order valence-electron chi connectivity index (χ2n) is 7.78. The van der Waals surface area contributed by atoms with E-state index in [0.29, 0.717) is 41.7 Å². The Bertz CT molecular complexity index is 1130. The van der Waals surface area contributed by atoms with Crippen molar-refractivity contribution in [1.29, 1.82) is 0 Å². The van der Waals surface area contributed by atoms with Crippen LogP contribution < -0.4 is 10.5 Å². The Labute approximate surface area is 188 Å². The van der Waals surface area contributed by atoms with Crippen LogP contribution in [0.2, 0.25) is 0 Å². The minimum absolute atomic E-state index is 0.211. The van der Waals surface area contributed by atoms with Crippen LogP contribution in [-0.4, -0.2) is 46.0 Å². The zero-order chi connectivity index (χ0) is 23.6. The molecule has 0 atom stereocenters. The molecule has 172 valence electrons. The average Bonchev–Trinajstić information content (AvgIpc) is 2.83. The van der Waals surface area contributed by atoms with Crippen molar-refractivity contribution in [2.75, 3.05) is 25.9 Å². The van der Waals surface area contributed by atoms with E-state index in [2.05, 4.69) is 15.0 Å². The number of likely N-dealkylation sites (tertiary alicyclic amines) is 1. The molecule has 2 N–H and O–H groups in total. The Kier molecular flexibility index (Phi) is 6.17.